The third-order valence-electron chi connectivity index (χ3n) is 2.88. The van der Waals surface area contributed by atoms with Crippen LogP contribution in [0.5, 0.6) is 5.75 Å². The summed E-state index contributed by atoms with van der Waals surface area (Å²) in [6.07, 6.45) is 0. The molecule has 2 N–H and O–H groups in total. The van der Waals surface area contributed by atoms with E-state index in [2.05, 4.69) is 4.90 Å². The second kappa shape index (κ2) is 6.17. The van der Waals surface area contributed by atoms with E-state index in [1.54, 1.807) is 0 Å². The van der Waals surface area contributed by atoms with Crippen molar-refractivity contribution in [3.05, 3.63) is 23.8 Å². The van der Waals surface area contributed by atoms with Gasteiger partial charge in [-0.05, 0) is 25.1 Å². The third-order valence-corrected chi connectivity index (χ3v) is 3.82. The molecule has 1 aromatic carbocycles. The first kappa shape index (κ1) is 12.6. The Morgan fingerprint density at radius 2 is 2.12 bits per heavy atom. The zero-order chi connectivity index (χ0) is 12.1. The lowest BCUT2D eigenvalue weighted by Gasteiger charge is -2.27. The highest BCUT2D eigenvalue weighted by Crippen LogP contribution is 2.24. The molecule has 0 aromatic heterocycles. The Labute approximate surface area is 107 Å². The molecule has 4 heteroatoms. The summed E-state index contributed by atoms with van der Waals surface area (Å²) in [6, 6.07) is 5.92. The van der Waals surface area contributed by atoms with Crippen molar-refractivity contribution in [1.29, 1.82) is 0 Å². The zero-order valence-corrected chi connectivity index (χ0v) is 11.1. The van der Waals surface area contributed by atoms with Gasteiger partial charge in [0.1, 0.15) is 5.75 Å². The molecule has 0 spiro atoms. The molecule has 94 valence electrons. The van der Waals surface area contributed by atoms with Gasteiger partial charge in [0, 0.05) is 42.4 Å². The third kappa shape index (κ3) is 3.54. The lowest BCUT2D eigenvalue weighted by molar-refractivity contribution is 0.281. The van der Waals surface area contributed by atoms with E-state index in [9.17, 15) is 0 Å². The van der Waals surface area contributed by atoms with Crippen molar-refractivity contribution in [1.82, 2.24) is 4.90 Å². The van der Waals surface area contributed by atoms with Gasteiger partial charge >= 0.3 is 0 Å². The molecule has 0 radical (unpaired) electrons. The van der Waals surface area contributed by atoms with E-state index < -0.39 is 0 Å². The van der Waals surface area contributed by atoms with E-state index in [0.29, 0.717) is 6.61 Å². The van der Waals surface area contributed by atoms with Gasteiger partial charge in [-0.3, -0.25) is 4.90 Å². The van der Waals surface area contributed by atoms with Crippen LogP contribution in [0.2, 0.25) is 0 Å². The van der Waals surface area contributed by atoms with E-state index >= 15 is 0 Å². The van der Waals surface area contributed by atoms with Crippen molar-refractivity contribution < 1.29 is 4.74 Å². The predicted molar refractivity (Wildman–Crippen MR) is 74.6 cm³/mol. The summed E-state index contributed by atoms with van der Waals surface area (Å²) in [5, 5.41) is 0. The number of nitrogens with zero attached hydrogens (tertiary/aromatic N) is 1. The van der Waals surface area contributed by atoms with Gasteiger partial charge in [0.25, 0.3) is 0 Å². The van der Waals surface area contributed by atoms with Crippen LogP contribution in [-0.2, 0) is 6.54 Å². The molecule has 0 atom stereocenters. The number of nitrogen functional groups attached to an aromatic ring is 1. The monoisotopic (exact) mass is 252 g/mol. The first-order valence-electron chi connectivity index (χ1n) is 6.11. The lowest BCUT2D eigenvalue weighted by atomic mass is 10.1. The van der Waals surface area contributed by atoms with E-state index in [1.807, 2.05) is 36.9 Å². The molecule has 0 amide bonds. The molecule has 1 heterocycles. The first-order valence-corrected chi connectivity index (χ1v) is 7.26. The fourth-order valence-electron chi connectivity index (χ4n) is 2.02. The van der Waals surface area contributed by atoms with Gasteiger partial charge in [-0.25, -0.2) is 0 Å². The summed E-state index contributed by atoms with van der Waals surface area (Å²) in [5.41, 5.74) is 7.87. The van der Waals surface area contributed by atoms with Gasteiger partial charge in [-0.15, -0.1) is 0 Å². The number of benzene rings is 1. The molecule has 0 unspecified atom stereocenters. The molecule has 0 aliphatic carbocycles. The minimum atomic E-state index is 0.701. The van der Waals surface area contributed by atoms with E-state index in [1.165, 1.54) is 17.1 Å². The second-order valence-corrected chi connectivity index (χ2v) is 5.41. The molecular formula is C13H20N2OS. The largest absolute Gasteiger partial charge is 0.494 e. The molecular weight excluding hydrogens is 232 g/mol. The number of thioether (sulfide) groups is 1. The van der Waals surface area contributed by atoms with Crippen molar-refractivity contribution in [2.75, 3.05) is 36.9 Å². The fourth-order valence-corrected chi connectivity index (χ4v) is 3.00. The van der Waals surface area contributed by atoms with Gasteiger partial charge in [0.05, 0.1) is 6.61 Å². The van der Waals surface area contributed by atoms with E-state index in [-0.39, 0.29) is 0 Å². The smallest absolute Gasteiger partial charge is 0.123 e. The molecule has 1 fully saturated rings. The number of hydrogen-bond acceptors (Lipinski definition) is 4. The van der Waals surface area contributed by atoms with Crippen LogP contribution >= 0.6 is 11.8 Å². The second-order valence-electron chi connectivity index (χ2n) is 4.19. The number of rotatable bonds is 4. The molecule has 1 saturated heterocycles. The highest BCUT2D eigenvalue weighted by Gasteiger charge is 2.13. The number of hydrogen-bond donors (Lipinski definition) is 1. The van der Waals surface area contributed by atoms with Crippen LogP contribution in [0, 0.1) is 0 Å². The summed E-state index contributed by atoms with van der Waals surface area (Å²) in [5.74, 6) is 3.43. The summed E-state index contributed by atoms with van der Waals surface area (Å²) >= 11 is 2.03. The van der Waals surface area contributed by atoms with Crippen molar-refractivity contribution in [3.63, 3.8) is 0 Å². The van der Waals surface area contributed by atoms with Crippen LogP contribution < -0.4 is 10.5 Å². The van der Waals surface area contributed by atoms with Crippen LogP contribution in [0.4, 0.5) is 5.69 Å². The summed E-state index contributed by atoms with van der Waals surface area (Å²) < 4.78 is 5.65. The maximum Gasteiger partial charge on any atom is 0.123 e. The van der Waals surface area contributed by atoms with Gasteiger partial charge in [0.15, 0.2) is 0 Å². The van der Waals surface area contributed by atoms with Crippen molar-refractivity contribution in [2.24, 2.45) is 0 Å². The highest BCUT2D eigenvalue weighted by molar-refractivity contribution is 7.99. The Balaban J connectivity index is 2.08. The molecule has 1 aliphatic heterocycles. The minimum Gasteiger partial charge on any atom is -0.494 e. The molecule has 3 nitrogen and oxygen atoms in total. The fraction of sp³-hybridized carbons (Fsp3) is 0.538. The van der Waals surface area contributed by atoms with E-state index in [0.717, 1.165) is 31.1 Å². The molecule has 2 rings (SSSR count). The predicted octanol–water partition coefficient (Wildman–Crippen LogP) is 2.22. The standard InChI is InChI=1S/C13H20N2OS/c1-2-16-13-4-3-12(14)9-11(13)10-15-5-7-17-8-6-15/h3-4,9H,2,5-8,10,14H2,1H3. The molecule has 0 bridgehead atoms. The van der Waals surface area contributed by atoms with Gasteiger partial charge < -0.3 is 10.5 Å². The minimum absolute atomic E-state index is 0.701. The van der Waals surface area contributed by atoms with Crippen LogP contribution in [0.15, 0.2) is 18.2 Å². The maximum atomic E-state index is 5.85. The molecule has 17 heavy (non-hydrogen) atoms. The number of anilines is 1. The Hall–Kier alpha value is -0.870. The zero-order valence-electron chi connectivity index (χ0n) is 10.3. The van der Waals surface area contributed by atoms with Gasteiger partial charge in [-0.2, -0.15) is 11.8 Å². The Morgan fingerprint density at radius 1 is 1.35 bits per heavy atom. The average Bonchev–Trinajstić information content (AvgIpc) is 2.34. The first-order chi connectivity index (χ1) is 8.29. The normalized spacial score (nSPS) is 17.0. The molecule has 0 saturated carbocycles. The van der Waals surface area contributed by atoms with Crippen LogP contribution in [-0.4, -0.2) is 36.1 Å². The highest BCUT2D eigenvalue weighted by atomic mass is 32.2. The summed E-state index contributed by atoms with van der Waals surface area (Å²) in [6.45, 7) is 5.97. The SMILES string of the molecule is CCOc1ccc(N)cc1CN1CCSCC1. The van der Waals surface area contributed by atoms with Crippen molar-refractivity contribution >= 4 is 17.4 Å². The van der Waals surface area contributed by atoms with Crippen molar-refractivity contribution in [2.45, 2.75) is 13.5 Å². The number of ether oxygens (including phenoxy) is 1. The quantitative estimate of drug-likeness (QED) is 0.834. The summed E-state index contributed by atoms with van der Waals surface area (Å²) in [7, 11) is 0. The Kier molecular flexibility index (Phi) is 4.57. The lowest BCUT2D eigenvalue weighted by Crippen LogP contribution is -2.32. The van der Waals surface area contributed by atoms with Gasteiger partial charge in [-0.1, -0.05) is 0 Å². The Bertz CT molecular complexity index is 364. The van der Waals surface area contributed by atoms with Gasteiger partial charge in [0.2, 0.25) is 0 Å². The van der Waals surface area contributed by atoms with Crippen molar-refractivity contribution in [3.8, 4) is 5.75 Å². The average molecular weight is 252 g/mol. The summed E-state index contributed by atoms with van der Waals surface area (Å²) in [4.78, 5) is 2.47. The van der Waals surface area contributed by atoms with Crippen LogP contribution in [0.25, 0.3) is 0 Å². The molecule has 1 aromatic rings. The van der Waals surface area contributed by atoms with Crippen LogP contribution in [0.3, 0.4) is 0 Å². The maximum absolute atomic E-state index is 5.85. The van der Waals surface area contributed by atoms with Crippen LogP contribution in [0.1, 0.15) is 12.5 Å². The van der Waals surface area contributed by atoms with E-state index in [4.69, 9.17) is 10.5 Å². The molecule has 1 aliphatic rings. The topological polar surface area (TPSA) is 38.5 Å². The Morgan fingerprint density at radius 3 is 2.82 bits per heavy atom. The number of nitrogens with two attached hydrogens (primary N) is 1.